The highest BCUT2D eigenvalue weighted by molar-refractivity contribution is 5.76. The second-order valence-corrected chi connectivity index (χ2v) is 6.42. The van der Waals surface area contributed by atoms with Crippen LogP contribution < -0.4 is 11.2 Å². The highest BCUT2D eigenvalue weighted by Crippen LogP contribution is 2.16. The second kappa shape index (κ2) is 5.97. The van der Waals surface area contributed by atoms with Crippen LogP contribution in [0.2, 0.25) is 0 Å². The Morgan fingerprint density at radius 3 is 2.52 bits per heavy atom. The van der Waals surface area contributed by atoms with Crippen LogP contribution in [0.4, 0.5) is 0 Å². The summed E-state index contributed by atoms with van der Waals surface area (Å²) in [5.74, 6) is -0.701. The van der Waals surface area contributed by atoms with Crippen molar-refractivity contribution in [3.05, 3.63) is 68.6 Å². The maximum Gasteiger partial charge on any atom is 0.332 e. The number of aliphatic carboxylic acids is 1. The molecule has 138 valence electrons. The number of benzene rings is 1. The zero-order chi connectivity index (χ0) is 19.3. The standard InChI is InChI=1S/C18H17N5O4/c1-11-8-22-14-15(19-17(22)21(11)10-13(24)25)20(2)18(27)23(16(14)26)9-12-6-4-3-5-7-12/h3-8H,9-10H2,1-2H3,(H,24,25). The molecule has 9 nitrogen and oxygen atoms in total. The van der Waals surface area contributed by atoms with Gasteiger partial charge in [0, 0.05) is 18.9 Å². The Labute approximate surface area is 152 Å². The predicted octanol–water partition coefficient (Wildman–Crippen LogP) is 0.591. The van der Waals surface area contributed by atoms with Gasteiger partial charge in [-0.1, -0.05) is 30.3 Å². The third-order valence-corrected chi connectivity index (χ3v) is 4.62. The van der Waals surface area contributed by atoms with E-state index in [0.717, 1.165) is 10.1 Å². The van der Waals surface area contributed by atoms with Gasteiger partial charge in [0.15, 0.2) is 11.2 Å². The molecule has 0 unspecified atom stereocenters. The van der Waals surface area contributed by atoms with E-state index in [1.807, 2.05) is 30.3 Å². The number of nitrogens with zero attached hydrogens (tertiary/aromatic N) is 5. The first kappa shape index (κ1) is 16.8. The summed E-state index contributed by atoms with van der Waals surface area (Å²) in [6, 6.07) is 9.23. The van der Waals surface area contributed by atoms with Crippen LogP contribution in [0.1, 0.15) is 11.3 Å². The topological polar surface area (TPSA) is 104 Å². The molecule has 3 aromatic heterocycles. The molecule has 0 aliphatic rings. The van der Waals surface area contributed by atoms with Crippen molar-refractivity contribution in [2.24, 2.45) is 7.05 Å². The normalized spacial score (nSPS) is 11.5. The maximum absolute atomic E-state index is 13.1. The average Bonchev–Trinajstić information content (AvgIpc) is 3.14. The van der Waals surface area contributed by atoms with E-state index in [9.17, 15) is 14.4 Å². The molecule has 0 aliphatic heterocycles. The van der Waals surface area contributed by atoms with Gasteiger partial charge in [0.1, 0.15) is 6.54 Å². The van der Waals surface area contributed by atoms with E-state index in [1.165, 1.54) is 9.13 Å². The quantitative estimate of drug-likeness (QED) is 0.569. The zero-order valence-corrected chi connectivity index (χ0v) is 14.8. The monoisotopic (exact) mass is 367 g/mol. The Balaban J connectivity index is 2.02. The number of aromatic nitrogens is 5. The van der Waals surface area contributed by atoms with Crippen molar-refractivity contribution in [1.82, 2.24) is 23.1 Å². The van der Waals surface area contributed by atoms with Gasteiger partial charge in [-0.2, -0.15) is 4.98 Å². The second-order valence-electron chi connectivity index (χ2n) is 6.42. The molecule has 27 heavy (non-hydrogen) atoms. The minimum absolute atomic E-state index is 0.143. The van der Waals surface area contributed by atoms with Crippen LogP contribution in [0.5, 0.6) is 0 Å². The Morgan fingerprint density at radius 2 is 1.85 bits per heavy atom. The largest absolute Gasteiger partial charge is 0.480 e. The number of hydrogen-bond donors (Lipinski definition) is 1. The van der Waals surface area contributed by atoms with Crippen molar-refractivity contribution >= 4 is 22.9 Å². The number of carbonyl (C=O) groups is 1. The number of aryl methyl sites for hydroxylation is 2. The van der Waals surface area contributed by atoms with Crippen LogP contribution in [0, 0.1) is 6.92 Å². The summed E-state index contributed by atoms with van der Waals surface area (Å²) in [7, 11) is 1.55. The highest BCUT2D eigenvalue weighted by atomic mass is 16.4. The average molecular weight is 367 g/mol. The molecule has 0 saturated carbocycles. The summed E-state index contributed by atoms with van der Waals surface area (Å²) in [4.78, 5) is 41.3. The Kier molecular flexibility index (Phi) is 3.72. The Morgan fingerprint density at radius 1 is 1.15 bits per heavy atom. The predicted molar refractivity (Wildman–Crippen MR) is 98.1 cm³/mol. The van der Waals surface area contributed by atoms with Gasteiger partial charge in [0.2, 0.25) is 5.78 Å². The van der Waals surface area contributed by atoms with E-state index < -0.39 is 17.2 Å². The van der Waals surface area contributed by atoms with E-state index in [4.69, 9.17) is 5.11 Å². The lowest BCUT2D eigenvalue weighted by atomic mass is 10.2. The van der Waals surface area contributed by atoms with Crippen LogP contribution in [-0.2, 0) is 24.9 Å². The molecule has 0 amide bonds. The molecule has 0 saturated heterocycles. The number of imidazole rings is 2. The van der Waals surface area contributed by atoms with Crippen LogP contribution >= 0.6 is 0 Å². The number of carboxylic acid groups (broad SMARTS) is 1. The van der Waals surface area contributed by atoms with Gasteiger partial charge in [-0.3, -0.25) is 23.1 Å². The molecule has 1 N–H and O–H groups in total. The van der Waals surface area contributed by atoms with Crippen molar-refractivity contribution in [1.29, 1.82) is 0 Å². The Bertz CT molecular complexity index is 1310. The molecule has 0 fully saturated rings. The molecule has 0 atom stereocenters. The molecular weight excluding hydrogens is 350 g/mol. The van der Waals surface area contributed by atoms with E-state index >= 15 is 0 Å². The van der Waals surface area contributed by atoms with Gasteiger partial charge in [-0.25, -0.2) is 4.79 Å². The fraction of sp³-hybridized carbons (Fsp3) is 0.222. The van der Waals surface area contributed by atoms with Crippen LogP contribution in [0.25, 0.3) is 16.9 Å². The summed E-state index contributed by atoms with van der Waals surface area (Å²) >= 11 is 0. The zero-order valence-electron chi connectivity index (χ0n) is 14.8. The van der Waals surface area contributed by atoms with Crippen LogP contribution in [-0.4, -0.2) is 34.2 Å². The number of rotatable bonds is 4. The molecule has 4 aromatic rings. The molecule has 0 spiro atoms. The smallest absolute Gasteiger partial charge is 0.332 e. The van der Waals surface area contributed by atoms with Gasteiger partial charge in [0.05, 0.1) is 6.54 Å². The van der Waals surface area contributed by atoms with Gasteiger partial charge in [-0.05, 0) is 12.5 Å². The first-order valence-corrected chi connectivity index (χ1v) is 8.32. The molecule has 4 rings (SSSR count). The van der Waals surface area contributed by atoms with Crippen molar-refractivity contribution in [2.45, 2.75) is 20.0 Å². The van der Waals surface area contributed by atoms with Gasteiger partial charge in [-0.15, -0.1) is 0 Å². The molecule has 3 heterocycles. The van der Waals surface area contributed by atoms with Crippen molar-refractivity contribution in [3.63, 3.8) is 0 Å². The molecular formula is C18H17N5O4. The van der Waals surface area contributed by atoms with Gasteiger partial charge in [0.25, 0.3) is 5.56 Å². The van der Waals surface area contributed by atoms with Crippen molar-refractivity contribution in [3.8, 4) is 0 Å². The third-order valence-electron chi connectivity index (χ3n) is 4.62. The SMILES string of the molecule is Cc1cn2c3c(=O)n(Cc4ccccc4)c(=O)n(C)c3nc2n1CC(=O)O. The highest BCUT2D eigenvalue weighted by Gasteiger charge is 2.20. The molecule has 0 radical (unpaired) electrons. The summed E-state index contributed by atoms with van der Waals surface area (Å²) in [5.41, 5.74) is 1.02. The lowest BCUT2D eigenvalue weighted by molar-refractivity contribution is -0.137. The molecule has 9 heteroatoms. The van der Waals surface area contributed by atoms with E-state index in [2.05, 4.69) is 4.98 Å². The summed E-state index contributed by atoms with van der Waals surface area (Å²) < 4.78 is 5.52. The van der Waals surface area contributed by atoms with E-state index in [0.29, 0.717) is 11.5 Å². The third kappa shape index (κ3) is 2.55. The number of hydrogen-bond acceptors (Lipinski definition) is 4. The van der Waals surface area contributed by atoms with Crippen molar-refractivity contribution < 1.29 is 9.90 Å². The minimum atomic E-state index is -1.02. The van der Waals surface area contributed by atoms with Crippen LogP contribution in [0.3, 0.4) is 0 Å². The van der Waals surface area contributed by atoms with Gasteiger partial charge < -0.3 is 9.67 Å². The van der Waals surface area contributed by atoms with Gasteiger partial charge >= 0.3 is 11.7 Å². The molecule has 0 bridgehead atoms. The summed E-state index contributed by atoms with van der Waals surface area (Å²) in [6.07, 6.45) is 1.66. The first-order chi connectivity index (χ1) is 12.9. The fourth-order valence-electron chi connectivity index (χ4n) is 3.29. The van der Waals surface area contributed by atoms with Crippen LogP contribution in [0.15, 0.2) is 46.1 Å². The Hall–Kier alpha value is -3.62. The number of carboxylic acids is 1. The lowest BCUT2D eigenvalue weighted by Crippen LogP contribution is -2.39. The van der Waals surface area contributed by atoms with E-state index in [1.54, 1.807) is 24.6 Å². The lowest BCUT2D eigenvalue weighted by Gasteiger charge is -2.08. The van der Waals surface area contributed by atoms with E-state index in [-0.39, 0.29) is 24.3 Å². The molecule has 0 aliphatic carbocycles. The number of fused-ring (bicyclic) bond motifs is 3. The molecule has 1 aromatic carbocycles. The minimum Gasteiger partial charge on any atom is -0.480 e. The summed E-state index contributed by atoms with van der Waals surface area (Å²) in [6.45, 7) is 1.61. The first-order valence-electron chi connectivity index (χ1n) is 8.32. The maximum atomic E-state index is 13.1. The summed E-state index contributed by atoms with van der Waals surface area (Å²) in [5, 5.41) is 9.13. The fourth-order valence-corrected chi connectivity index (χ4v) is 3.29. The van der Waals surface area contributed by atoms with Crippen molar-refractivity contribution in [2.75, 3.05) is 0 Å².